The predicted molar refractivity (Wildman–Crippen MR) is 375 cm³/mol. The van der Waals surface area contributed by atoms with Crippen molar-refractivity contribution in [3.8, 4) is 0 Å². The highest BCUT2D eigenvalue weighted by molar-refractivity contribution is 5.76. The molecule has 0 aromatic rings. The van der Waals surface area contributed by atoms with Gasteiger partial charge in [0.25, 0.3) is 0 Å². The van der Waals surface area contributed by atoms with E-state index in [0.29, 0.717) is 19.4 Å². The highest BCUT2D eigenvalue weighted by atomic mass is 16.5. The molecule has 0 spiro atoms. The van der Waals surface area contributed by atoms with E-state index in [-0.39, 0.29) is 18.5 Å². The molecule has 0 aliphatic carbocycles. The fraction of sp³-hybridized carbons (Fsp3) is 0.949. The lowest BCUT2D eigenvalue weighted by Gasteiger charge is -2.20. The third-order valence-electron chi connectivity index (χ3n) is 18.8. The van der Waals surface area contributed by atoms with Crippen LogP contribution in [0.2, 0.25) is 0 Å². The van der Waals surface area contributed by atoms with Gasteiger partial charge in [0.15, 0.2) is 0 Å². The van der Waals surface area contributed by atoms with Crippen LogP contribution in [-0.4, -0.2) is 47.4 Å². The van der Waals surface area contributed by atoms with Gasteiger partial charge in [0.1, 0.15) is 0 Å². The third kappa shape index (κ3) is 71.6. The lowest BCUT2D eigenvalue weighted by atomic mass is 10.0. The minimum Gasteiger partial charge on any atom is -0.466 e. The topological polar surface area (TPSA) is 95.9 Å². The molecule has 0 aliphatic heterocycles. The molecule has 3 N–H and O–H groups in total. The van der Waals surface area contributed by atoms with Crippen LogP contribution in [0.3, 0.4) is 0 Å². The van der Waals surface area contributed by atoms with Crippen molar-refractivity contribution in [3.05, 3.63) is 12.2 Å². The summed E-state index contributed by atoms with van der Waals surface area (Å²) in [7, 11) is 0. The number of rotatable bonds is 75. The maximum Gasteiger partial charge on any atom is 0.305 e. The van der Waals surface area contributed by atoms with Gasteiger partial charge in [-0.2, -0.15) is 0 Å². The first-order valence-corrected chi connectivity index (χ1v) is 39.5. The van der Waals surface area contributed by atoms with Gasteiger partial charge < -0.3 is 20.3 Å². The summed E-state index contributed by atoms with van der Waals surface area (Å²) in [6, 6.07) is -0.626. The van der Waals surface area contributed by atoms with Crippen LogP contribution >= 0.6 is 0 Å². The lowest BCUT2D eigenvalue weighted by molar-refractivity contribution is -0.143. The Morgan fingerprint density at radius 1 is 0.318 bits per heavy atom. The van der Waals surface area contributed by atoms with Gasteiger partial charge in [-0.1, -0.05) is 424 Å². The number of aliphatic hydroxyl groups is 2. The first kappa shape index (κ1) is 83.6. The summed E-state index contributed by atoms with van der Waals surface area (Å²) in [6.07, 6.45) is 94.7. The van der Waals surface area contributed by atoms with Crippen LogP contribution in [-0.2, 0) is 14.3 Å². The lowest BCUT2D eigenvalue weighted by Crippen LogP contribution is -2.45. The van der Waals surface area contributed by atoms with Crippen molar-refractivity contribution in [2.24, 2.45) is 0 Å². The first-order valence-electron chi connectivity index (χ1n) is 39.5. The molecule has 85 heavy (non-hydrogen) atoms. The Kier molecular flexibility index (Phi) is 73.8. The van der Waals surface area contributed by atoms with E-state index in [0.717, 1.165) is 38.5 Å². The summed E-state index contributed by atoms with van der Waals surface area (Å²) < 4.78 is 5.51. The fourth-order valence-corrected chi connectivity index (χ4v) is 12.8. The molecule has 0 radical (unpaired) electrons. The van der Waals surface area contributed by atoms with Gasteiger partial charge in [-0.25, -0.2) is 0 Å². The van der Waals surface area contributed by atoms with Gasteiger partial charge in [0.2, 0.25) is 5.91 Å². The van der Waals surface area contributed by atoms with E-state index in [1.54, 1.807) is 6.08 Å². The van der Waals surface area contributed by atoms with Crippen LogP contribution in [0.25, 0.3) is 0 Å². The van der Waals surface area contributed by atoms with Gasteiger partial charge in [-0.05, 0) is 32.1 Å². The summed E-state index contributed by atoms with van der Waals surface area (Å²) in [5.41, 5.74) is 0. The van der Waals surface area contributed by atoms with E-state index in [9.17, 15) is 19.8 Å². The zero-order chi connectivity index (χ0) is 61.3. The molecule has 6 heteroatoms. The van der Waals surface area contributed by atoms with Crippen molar-refractivity contribution >= 4 is 11.9 Å². The van der Waals surface area contributed by atoms with E-state index in [2.05, 4.69) is 19.2 Å². The van der Waals surface area contributed by atoms with E-state index in [1.807, 2.05) is 6.08 Å². The highest BCUT2D eigenvalue weighted by Crippen LogP contribution is 2.20. The van der Waals surface area contributed by atoms with Gasteiger partial charge in [0, 0.05) is 12.8 Å². The Balaban J connectivity index is 3.36. The minimum atomic E-state index is -0.843. The molecule has 0 bridgehead atoms. The number of unbranched alkanes of at least 4 members (excludes halogenated alkanes) is 64. The van der Waals surface area contributed by atoms with Gasteiger partial charge in [-0.3, -0.25) is 9.59 Å². The fourth-order valence-electron chi connectivity index (χ4n) is 12.8. The van der Waals surface area contributed by atoms with Crippen molar-refractivity contribution in [3.63, 3.8) is 0 Å². The molecule has 506 valence electrons. The molecule has 1 amide bonds. The van der Waals surface area contributed by atoms with Crippen LogP contribution in [0.5, 0.6) is 0 Å². The Bertz CT molecular complexity index is 1290. The molecule has 0 aromatic heterocycles. The number of nitrogens with one attached hydrogen (secondary N) is 1. The highest BCUT2D eigenvalue weighted by Gasteiger charge is 2.18. The van der Waals surface area contributed by atoms with Gasteiger partial charge in [0.05, 0.1) is 25.4 Å². The average molecular weight is 1200 g/mol. The number of esters is 1. The van der Waals surface area contributed by atoms with Crippen LogP contribution in [0.4, 0.5) is 0 Å². The SMILES string of the molecule is CCCCCCCCCCCCCCCCCCCCCCCCC/C=C/C(O)C(CO)NC(=O)CCCCCCCCCCCCCCCCCCCCCCCCCCCCCCOC(=O)CCCCCCCCCCCCCCCCC. The smallest absolute Gasteiger partial charge is 0.305 e. The largest absolute Gasteiger partial charge is 0.466 e. The molecular weight excluding hydrogens is 1040 g/mol. The zero-order valence-corrected chi connectivity index (χ0v) is 58.1. The quantitative estimate of drug-likeness (QED) is 0.0320. The van der Waals surface area contributed by atoms with Crippen molar-refractivity contribution in [2.45, 2.75) is 469 Å². The molecular formula is C79H155NO5. The summed E-state index contributed by atoms with van der Waals surface area (Å²) in [6.45, 7) is 4.97. The number of carbonyl (C=O) groups excluding carboxylic acids is 2. The monoisotopic (exact) mass is 1200 g/mol. The van der Waals surface area contributed by atoms with Crippen molar-refractivity contribution < 1.29 is 24.5 Å². The number of amides is 1. The van der Waals surface area contributed by atoms with E-state index in [1.165, 1.54) is 392 Å². The summed E-state index contributed by atoms with van der Waals surface area (Å²) >= 11 is 0. The zero-order valence-electron chi connectivity index (χ0n) is 58.1. The molecule has 0 fully saturated rings. The van der Waals surface area contributed by atoms with Gasteiger partial charge in [-0.15, -0.1) is 0 Å². The molecule has 2 unspecified atom stereocenters. The Morgan fingerprint density at radius 2 is 0.541 bits per heavy atom. The Labute approximate surface area is 533 Å². The maximum absolute atomic E-state index is 12.6. The van der Waals surface area contributed by atoms with Crippen LogP contribution in [0, 0.1) is 0 Å². The van der Waals surface area contributed by atoms with Crippen molar-refractivity contribution in [1.29, 1.82) is 0 Å². The number of hydrogen-bond acceptors (Lipinski definition) is 5. The van der Waals surface area contributed by atoms with Crippen molar-refractivity contribution in [2.75, 3.05) is 13.2 Å². The summed E-state index contributed by atoms with van der Waals surface area (Å²) in [5.74, 6) is -0.0362. The summed E-state index contributed by atoms with van der Waals surface area (Å²) in [5, 5.41) is 23.3. The molecule has 6 nitrogen and oxygen atoms in total. The molecule has 0 rings (SSSR count). The number of allylic oxidation sites excluding steroid dienone is 1. The second-order valence-corrected chi connectivity index (χ2v) is 27.4. The minimum absolute atomic E-state index is 0.0227. The Morgan fingerprint density at radius 3 is 0.800 bits per heavy atom. The first-order chi connectivity index (χ1) is 42.0. The number of carbonyl (C=O) groups is 2. The number of ether oxygens (including phenoxy) is 1. The standard InChI is InChI=1S/C79H155NO5/c1-3-5-7-9-11-13-15-17-19-20-21-22-23-28-31-34-37-40-44-47-51-55-59-63-67-71-77(82)76(75-81)80-78(83)72-68-64-60-56-52-48-45-41-38-35-32-29-26-24-25-27-30-33-36-39-42-46-50-54-58-62-66-70-74-85-79(84)73-69-65-61-57-53-49-43-18-16-14-12-10-8-6-4-2/h67,71,76-77,81-82H,3-66,68-70,72-75H2,1-2H3,(H,80,83)/b71-67+. The van der Waals surface area contributed by atoms with E-state index < -0.39 is 12.1 Å². The Hall–Kier alpha value is -1.40. The number of aliphatic hydroxyl groups excluding tert-OH is 2. The molecule has 0 saturated heterocycles. The molecule has 2 atom stereocenters. The van der Waals surface area contributed by atoms with Crippen LogP contribution in [0.1, 0.15) is 457 Å². The predicted octanol–water partition coefficient (Wildman–Crippen LogP) is 25.9. The second kappa shape index (κ2) is 75.1. The normalized spacial score (nSPS) is 12.5. The third-order valence-corrected chi connectivity index (χ3v) is 18.8. The number of hydrogen-bond donors (Lipinski definition) is 3. The van der Waals surface area contributed by atoms with Gasteiger partial charge >= 0.3 is 5.97 Å². The van der Waals surface area contributed by atoms with E-state index in [4.69, 9.17) is 4.74 Å². The molecule has 0 heterocycles. The van der Waals surface area contributed by atoms with Crippen molar-refractivity contribution in [1.82, 2.24) is 5.32 Å². The van der Waals surface area contributed by atoms with Crippen LogP contribution in [0.15, 0.2) is 12.2 Å². The second-order valence-electron chi connectivity index (χ2n) is 27.4. The maximum atomic E-state index is 12.6. The molecule has 0 saturated carbocycles. The summed E-state index contributed by atoms with van der Waals surface area (Å²) in [4.78, 5) is 24.6. The van der Waals surface area contributed by atoms with Crippen LogP contribution < -0.4 is 5.32 Å². The molecule has 0 aromatic carbocycles. The van der Waals surface area contributed by atoms with E-state index >= 15 is 0 Å². The molecule has 0 aliphatic rings. The average Bonchev–Trinajstić information content (AvgIpc) is 3.51.